The second kappa shape index (κ2) is 7.30. The Bertz CT molecular complexity index is 678. The van der Waals surface area contributed by atoms with Crippen LogP contribution < -0.4 is 5.32 Å². The largest absolute Gasteiger partial charge is 0.479 e. The molecule has 2 rings (SSSR count). The predicted octanol–water partition coefficient (Wildman–Crippen LogP) is 1.99. The molecular weight excluding hydrogens is 365 g/mol. The maximum absolute atomic E-state index is 12.4. The van der Waals surface area contributed by atoms with E-state index in [0.29, 0.717) is 9.92 Å². The molecule has 2 atom stereocenters. The lowest BCUT2D eigenvalue weighted by Gasteiger charge is -2.19. The topological polar surface area (TPSA) is 86.7 Å². The molecule has 2 unspecified atom stereocenters. The lowest BCUT2D eigenvalue weighted by molar-refractivity contribution is -0.157. The highest BCUT2D eigenvalue weighted by Crippen LogP contribution is 2.25. The van der Waals surface area contributed by atoms with Crippen LogP contribution in [0.5, 0.6) is 0 Å². The van der Waals surface area contributed by atoms with E-state index in [1.165, 1.54) is 24.3 Å². The van der Waals surface area contributed by atoms with E-state index < -0.39 is 55.4 Å². The Morgan fingerprint density at radius 1 is 1.32 bits per heavy atom. The first-order valence-corrected chi connectivity index (χ1v) is 7.58. The Morgan fingerprint density at radius 3 is 2.44 bits per heavy atom. The van der Waals surface area contributed by atoms with Gasteiger partial charge >= 0.3 is 12.1 Å². The predicted molar refractivity (Wildman–Crippen MR) is 80.7 cm³/mol. The van der Waals surface area contributed by atoms with Crippen molar-refractivity contribution >= 4 is 29.4 Å². The van der Waals surface area contributed by atoms with Crippen LogP contribution in [0.4, 0.5) is 13.2 Å². The number of carbonyl (C=O) groups is 3. The number of carbonyl (C=O) groups excluding carboxylic acids is 2. The van der Waals surface area contributed by atoms with Crippen molar-refractivity contribution in [2.24, 2.45) is 5.92 Å². The number of likely N-dealkylation sites (tertiary alicyclic amines) is 1. The number of hydrogen-bond donors (Lipinski definition) is 2. The Kier molecular flexibility index (Phi) is 5.56. The van der Waals surface area contributed by atoms with Crippen molar-refractivity contribution in [2.75, 3.05) is 13.1 Å². The molecule has 1 aromatic carbocycles. The maximum atomic E-state index is 12.4. The van der Waals surface area contributed by atoms with Gasteiger partial charge in [-0.05, 0) is 17.7 Å². The van der Waals surface area contributed by atoms with Gasteiger partial charge in [0.25, 0.3) is 0 Å². The van der Waals surface area contributed by atoms with Crippen LogP contribution in [0.1, 0.15) is 18.0 Å². The first-order valence-electron chi connectivity index (χ1n) is 7.20. The zero-order valence-electron chi connectivity index (χ0n) is 12.7. The van der Waals surface area contributed by atoms with Gasteiger partial charge in [-0.15, -0.1) is 0 Å². The van der Waals surface area contributed by atoms with Gasteiger partial charge in [-0.3, -0.25) is 9.59 Å². The van der Waals surface area contributed by atoms with Crippen molar-refractivity contribution in [3.8, 4) is 0 Å². The van der Waals surface area contributed by atoms with E-state index in [1.807, 2.05) is 0 Å². The lowest BCUT2D eigenvalue weighted by atomic mass is 10.0. The van der Waals surface area contributed by atoms with Crippen molar-refractivity contribution in [3.63, 3.8) is 0 Å². The number of aliphatic carboxylic acids is 1. The Hall–Kier alpha value is -2.29. The van der Waals surface area contributed by atoms with E-state index in [-0.39, 0.29) is 5.56 Å². The zero-order chi connectivity index (χ0) is 18.8. The minimum absolute atomic E-state index is 0.252. The molecule has 10 heteroatoms. The third kappa shape index (κ3) is 5.09. The van der Waals surface area contributed by atoms with Crippen LogP contribution >= 0.6 is 11.6 Å². The van der Waals surface area contributed by atoms with E-state index >= 15 is 0 Å². The average molecular weight is 379 g/mol. The van der Waals surface area contributed by atoms with Crippen LogP contribution in [0.2, 0.25) is 5.02 Å². The molecule has 1 saturated heterocycles. The number of benzene rings is 1. The molecule has 2 amide bonds. The molecule has 6 nitrogen and oxygen atoms in total. The van der Waals surface area contributed by atoms with Crippen LogP contribution in [-0.2, 0) is 14.4 Å². The molecule has 25 heavy (non-hydrogen) atoms. The summed E-state index contributed by atoms with van der Waals surface area (Å²) in [5.41, 5.74) is 0.252. The fraction of sp³-hybridized carbons (Fsp3) is 0.400. The van der Waals surface area contributed by atoms with E-state index in [9.17, 15) is 32.7 Å². The second-order valence-corrected chi connectivity index (χ2v) is 6.06. The number of rotatable bonds is 5. The lowest BCUT2D eigenvalue weighted by Crippen LogP contribution is -2.40. The fourth-order valence-electron chi connectivity index (χ4n) is 2.52. The molecule has 0 aliphatic carbocycles. The molecule has 2 N–H and O–H groups in total. The number of carboxylic acids is 1. The third-order valence-electron chi connectivity index (χ3n) is 3.69. The van der Waals surface area contributed by atoms with Crippen LogP contribution in [-0.4, -0.2) is 47.1 Å². The average Bonchev–Trinajstić information content (AvgIpc) is 2.84. The molecule has 0 bridgehead atoms. The quantitative estimate of drug-likeness (QED) is 0.820. The number of carboxylic acid groups (broad SMARTS) is 1. The molecule has 0 aromatic heterocycles. The summed E-state index contributed by atoms with van der Waals surface area (Å²) in [6, 6.07) is 4.33. The minimum atomic E-state index is -4.56. The molecule has 136 valence electrons. The van der Waals surface area contributed by atoms with Crippen molar-refractivity contribution < 1.29 is 32.7 Å². The molecule has 0 radical (unpaired) electrons. The number of halogens is 4. The van der Waals surface area contributed by atoms with Gasteiger partial charge in [0, 0.05) is 18.0 Å². The van der Waals surface area contributed by atoms with Gasteiger partial charge in [0.05, 0.1) is 5.92 Å². The molecule has 1 aliphatic heterocycles. The van der Waals surface area contributed by atoms with E-state index in [2.05, 4.69) is 5.32 Å². The minimum Gasteiger partial charge on any atom is -0.479 e. The second-order valence-electron chi connectivity index (χ2n) is 5.62. The summed E-state index contributed by atoms with van der Waals surface area (Å²) in [6.07, 6.45) is -4.96. The summed E-state index contributed by atoms with van der Waals surface area (Å²) < 4.78 is 37.2. The number of hydrogen-bond acceptors (Lipinski definition) is 3. The summed E-state index contributed by atoms with van der Waals surface area (Å²) in [5.74, 6) is -3.97. The van der Waals surface area contributed by atoms with Gasteiger partial charge < -0.3 is 15.3 Å². The zero-order valence-corrected chi connectivity index (χ0v) is 13.5. The maximum Gasteiger partial charge on any atom is 0.406 e. The fourth-order valence-corrected chi connectivity index (χ4v) is 2.65. The van der Waals surface area contributed by atoms with Crippen LogP contribution in [0.25, 0.3) is 0 Å². The van der Waals surface area contributed by atoms with E-state index in [0.717, 1.165) is 0 Å². The first kappa shape index (κ1) is 19.0. The first-order chi connectivity index (χ1) is 11.6. The van der Waals surface area contributed by atoms with Gasteiger partial charge in [-0.2, -0.15) is 13.2 Å². The van der Waals surface area contributed by atoms with Gasteiger partial charge in [0.15, 0.2) is 6.04 Å². The highest BCUT2D eigenvalue weighted by Gasteiger charge is 2.41. The number of nitrogens with zero attached hydrogens (tertiary/aromatic N) is 1. The Balaban J connectivity index is 2.05. The smallest absolute Gasteiger partial charge is 0.406 e. The van der Waals surface area contributed by atoms with E-state index in [4.69, 9.17) is 11.6 Å². The Morgan fingerprint density at radius 2 is 1.92 bits per heavy atom. The van der Waals surface area contributed by atoms with Gasteiger partial charge in [0.1, 0.15) is 6.54 Å². The highest BCUT2D eigenvalue weighted by atomic mass is 35.5. The van der Waals surface area contributed by atoms with Crippen molar-refractivity contribution in [2.45, 2.75) is 18.6 Å². The molecule has 0 saturated carbocycles. The summed E-state index contributed by atoms with van der Waals surface area (Å²) in [5, 5.41) is 11.9. The summed E-state index contributed by atoms with van der Waals surface area (Å²) in [7, 11) is 0. The standard InChI is InChI=1S/C15H14ClF3N2O4/c16-10-3-1-8(2-4-10)12(14(24)25)20-13(23)9-5-11(22)21(6-9)7-15(17,18)19/h1-4,9,12H,5-7H2,(H,20,23)(H,24,25). The van der Waals surface area contributed by atoms with Crippen LogP contribution in [0, 0.1) is 5.92 Å². The monoisotopic (exact) mass is 378 g/mol. The van der Waals surface area contributed by atoms with Gasteiger partial charge in [-0.1, -0.05) is 23.7 Å². The van der Waals surface area contributed by atoms with Crippen molar-refractivity contribution in [3.05, 3.63) is 34.9 Å². The molecule has 1 fully saturated rings. The van der Waals surface area contributed by atoms with E-state index in [1.54, 1.807) is 0 Å². The number of amides is 2. The van der Waals surface area contributed by atoms with Gasteiger partial charge in [0.2, 0.25) is 11.8 Å². The van der Waals surface area contributed by atoms with Gasteiger partial charge in [-0.25, -0.2) is 4.79 Å². The van der Waals surface area contributed by atoms with Crippen LogP contribution in [0.15, 0.2) is 24.3 Å². The summed E-state index contributed by atoms with van der Waals surface area (Å²) >= 11 is 5.72. The molecule has 0 spiro atoms. The molecular formula is C15H14ClF3N2O4. The SMILES string of the molecule is O=C(NC(C(=O)O)c1ccc(Cl)cc1)C1CC(=O)N(CC(F)(F)F)C1. The normalized spacial score (nSPS) is 19.0. The molecule has 1 aliphatic rings. The summed E-state index contributed by atoms with van der Waals surface area (Å²) in [4.78, 5) is 35.7. The number of nitrogens with one attached hydrogen (secondary N) is 1. The van der Waals surface area contributed by atoms with Crippen LogP contribution in [0.3, 0.4) is 0 Å². The van der Waals surface area contributed by atoms with Crippen molar-refractivity contribution in [1.29, 1.82) is 0 Å². The molecule has 1 aromatic rings. The Labute approximate surface area is 145 Å². The highest BCUT2D eigenvalue weighted by molar-refractivity contribution is 6.30. The van der Waals surface area contributed by atoms with Crippen molar-refractivity contribution in [1.82, 2.24) is 10.2 Å². The third-order valence-corrected chi connectivity index (χ3v) is 3.94. The summed E-state index contributed by atoms with van der Waals surface area (Å²) in [6.45, 7) is -1.84. The number of alkyl halides is 3. The molecule has 1 heterocycles.